The molecule has 0 spiro atoms. The third-order valence-corrected chi connectivity index (χ3v) is 2.56. The summed E-state index contributed by atoms with van der Waals surface area (Å²) in [5.74, 6) is -2.36. The maximum atomic E-state index is 11.8. The van der Waals surface area contributed by atoms with Gasteiger partial charge in [-0.05, 0) is 25.0 Å². The Labute approximate surface area is 122 Å². The van der Waals surface area contributed by atoms with Gasteiger partial charge >= 0.3 is 17.9 Å². The quantitative estimate of drug-likeness (QED) is 0.448. The summed E-state index contributed by atoms with van der Waals surface area (Å²) in [6.45, 7) is 3.60. The molecular weight excluding hydrogens is 276 g/mol. The van der Waals surface area contributed by atoms with Gasteiger partial charge < -0.3 is 14.6 Å². The monoisotopic (exact) mass is 292 g/mol. The smallest absolute Gasteiger partial charge is 0.339 e. The normalized spacial score (nSPS) is 9.71. The number of aromatic carboxylic acids is 1. The number of hydrogen-bond donors (Lipinski definition) is 1. The molecule has 0 unspecified atom stereocenters. The first-order valence-electron chi connectivity index (χ1n) is 6.35. The van der Waals surface area contributed by atoms with Crippen LogP contribution < -0.4 is 0 Å². The summed E-state index contributed by atoms with van der Waals surface area (Å²) in [7, 11) is 0. The lowest BCUT2D eigenvalue weighted by Gasteiger charge is -2.07. The molecule has 0 fully saturated rings. The molecule has 112 valence electrons. The fourth-order valence-corrected chi connectivity index (χ4v) is 1.53. The van der Waals surface area contributed by atoms with Crippen LogP contribution in [0.2, 0.25) is 0 Å². The summed E-state index contributed by atoms with van der Waals surface area (Å²) in [6, 6.07) is 5.84. The van der Waals surface area contributed by atoms with Gasteiger partial charge in [0.2, 0.25) is 0 Å². The number of carboxylic acid groups (broad SMARTS) is 1. The maximum Gasteiger partial charge on any atom is 0.339 e. The van der Waals surface area contributed by atoms with Crippen LogP contribution in [-0.4, -0.2) is 36.2 Å². The lowest BCUT2D eigenvalue weighted by Crippen LogP contribution is -2.12. The highest BCUT2D eigenvalue weighted by molar-refractivity contribution is 6.02. The summed E-state index contributed by atoms with van der Waals surface area (Å²) >= 11 is 0. The van der Waals surface area contributed by atoms with Crippen molar-refractivity contribution in [1.82, 2.24) is 0 Å². The SMILES string of the molecule is C=CC(=O)OCCCCOC(=O)c1ccccc1C(=O)O. The molecule has 0 amide bonds. The molecule has 0 atom stereocenters. The molecule has 6 heteroatoms. The zero-order chi connectivity index (χ0) is 15.7. The molecule has 0 radical (unpaired) electrons. The van der Waals surface area contributed by atoms with Crippen LogP contribution in [0.3, 0.4) is 0 Å². The van der Waals surface area contributed by atoms with Gasteiger partial charge in [0.05, 0.1) is 24.3 Å². The molecule has 1 aromatic rings. The van der Waals surface area contributed by atoms with Crippen molar-refractivity contribution >= 4 is 17.9 Å². The molecule has 1 rings (SSSR count). The first kappa shape index (κ1) is 16.4. The van der Waals surface area contributed by atoms with Crippen LogP contribution in [0, 0.1) is 0 Å². The lowest BCUT2D eigenvalue weighted by atomic mass is 10.1. The molecule has 1 N–H and O–H groups in total. The maximum absolute atomic E-state index is 11.8. The van der Waals surface area contributed by atoms with E-state index in [0.717, 1.165) is 6.08 Å². The Morgan fingerprint density at radius 3 is 2.19 bits per heavy atom. The fourth-order valence-electron chi connectivity index (χ4n) is 1.53. The number of benzene rings is 1. The van der Waals surface area contributed by atoms with Crippen molar-refractivity contribution in [2.45, 2.75) is 12.8 Å². The predicted octanol–water partition coefficient (Wildman–Crippen LogP) is 2.05. The minimum Gasteiger partial charge on any atom is -0.478 e. The fraction of sp³-hybridized carbons (Fsp3) is 0.267. The number of carbonyl (C=O) groups is 3. The van der Waals surface area contributed by atoms with Gasteiger partial charge in [0.15, 0.2) is 0 Å². The Kier molecular flexibility index (Phi) is 6.67. The Morgan fingerprint density at radius 2 is 1.62 bits per heavy atom. The van der Waals surface area contributed by atoms with E-state index in [9.17, 15) is 14.4 Å². The van der Waals surface area contributed by atoms with Gasteiger partial charge in [-0.25, -0.2) is 14.4 Å². The number of hydrogen-bond acceptors (Lipinski definition) is 5. The van der Waals surface area contributed by atoms with Gasteiger partial charge in [0.1, 0.15) is 0 Å². The zero-order valence-electron chi connectivity index (χ0n) is 11.4. The molecule has 0 saturated heterocycles. The highest BCUT2D eigenvalue weighted by atomic mass is 16.5. The second kappa shape index (κ2) is 8.52. The van der Waals surface area contributed by atoms with E-state index in [1.165, 1.54) is 18.2 Å². The number of ether oxygens (including phenoxy) is 2. The lowest BCUT2D eigenvalue weighted by molar-refractivity contribution is -0.137. The van der Waals surface area contributed by atoms with Crippen LogP contribution in [0.5, 0.6) is 0 Å². The van der Waals surface area contributed by atoms with E-state index in [-0.39, 0.29) is 24.3 Å². The number of carbonyl (C=O) groups excluding carboxylic acids is 2. The van der Waals surface area contributed by atoms with Gasteiger partial charge in [-0.1, -0.05) is 18.7 Å². The van der Waals surface area contributed by atoms with Crippen molar-refractivity contribution in [3.63, 3.8) is 0 Å². The van der Waals surface area contributed by atoms with Crippen LogP contribution >= 0.6 is 0 Å². The standard InChI is InChI=1S/C15H16O6/c1-2-13(16)20-9-5-6-10-21-15(19)12-8-4-3-7-11(12)14(17)18/h2-4,7-8H,1,5-6,9-10H2,(H,17,18). The van der Waals surface area contributed by atoms with Crippen LogP contribution in [0.15, 0.2) is 36.9 Å². The van der Waals surface area contributed by atoms with Crippen molar-refractivity contribution in [3.05, 3.63) is 48.0 Å². The molecule has 0 aliphatic heterocycles. The second-order valence-electron chi connectivity index (χ2n) is 4.07. The van der Waals surface area contributed by atoms with Gasteiger partial charge in [-0.2, -0.15) is 0 Å². The first-order valence-corrected chi connectivity index (χ1v) is 6.35. The van der Waals surface area contributed by atoms with E-state index >= 15 is 0 Å². The molecule has 0 aliphatic carbocycles. The first-order chi connectivity index (χ1) is 10.1. The van der Waals surface area contributed by atoms with E-state index in [2.05, 4.69) is 6.58 Å². The Morgan fingerprint density at radius 1 is 1.05 bits per heavy atom. The summed E-state index contributed by atoms with van der Waals surface area (Å²) in [5, 5.41) is 8.97. The number of unbranched alkanes of at least 4 members (excludes halogenated alkanes) is 1. The molecule has 0 saturated carbocycles. The van der Waals surface area contributed by atoms with Gasteiger partial charge in [-0.3, -0.25) is 0 Å². The van der Waals surface area contributed by atoms with Gasteiger partial charge in [-0.15, -0.1) is 0 Å². The van der Waals surface area contributed by atoms with Crippen LogP contribution in [0.25, 0.3) is 0 Å². The molecule has 0 aromatic heterocycles. The molecule has 6 nitrogen and oxygen atoms in total. The van der Waals surface area contributed by atoms with Crippen molar-refractivity contribution in [3.8, 4) is 0 Å². The van der Waals surface area contributed by atoms with E-state index < -0.39 is 17.9 Å². The molecular formula is C15H16O6. The topological polar surface area (TPSA) is 89.9 Å². The average Bonchev–Trinajstić information content (AvgIpc) is 2.50. The van der Waals surface area contributed by atoms with E-state index in [0.29, 0.717) is 12.8 Å². The van der Waals surface area contributed by atoms with Crippen LogP contribution in [0.4, 0.5) is 0 Å². The number of rotatable bonds is 8. The third kappa shape index (κ3) is 5.48. The van der Waals surface area contributed by atoms with Crippen LogP contribution in [-0.2, 0) is 14.3 Å². The van der Waals surface area contributed by atoms with E-state index in [1.807, 2.05) is 0 Å². The number of esters is 2. The Balaban J connectivity index is 2.36. The van der Waals surface area contributed by atoms with Crippen molar-refractivity contribution in [2.75, 3.05) is 13.2 Å². The van der Waals surface area contributed by atoms with Crippen molar-refractivity contribution in [2.24, 2.45) is 0 Å². The largest absolute Gasteiger partial charge is 0.478 e. The molecule has 0 bridgehead atoms. The highest BCUT2D eigenvalue weighted by Crippen LogP contribution is 2.10. The summed E-state index contributed by atoms with van der Waals surface area (Å²) in [6.07, 6.45) is 2.11. The predicted molar refractivity (Wildman–Crippen MR) is 74.1 cm³/mol. The summed E-state index contributed by atoms with van der Waals surface area (Å²) in [4.78, 5) is 33.5. The number of carboxylic acids is 1. The minimum absolute atomic E-state index is 0.0167. The Hall–Kier alpha value is -2.63. The second-order valence-corrected chi connectivity index (χ2v) is 4.07. The van der Waals surface area contributed by atoms with Gasteiger partial charge in [0.25, 0.3) is 0 Å². The van der Waals surface area contributed by atoms with E-state index in [4.69, 9.17) is 14.6 Å². The third-order valence-electron chi connectivity index (χ3n) is 2.56. The van der Waals surface area contributed by atoms with Crippen molar-refractivity contribution < 1.29 is 29.0 Å². The summed E-state index contributed by atoms with van der Waals surface area (Å²) in [5.41, 5.74) is -0.0782. The Bertz CT molecular complexity index is 535. The zero-order valence-corrected chi connectivity index (χ0v) is 11.4. The summed E-state index contributed by atoms with van der Waals surface area (Å²) < 4.78 is 9.75. The minimum atomic E-state index is -1.18. The highest BCUT2D eigenvalue weighted by Gasteiger charge is 2.16. The molecule has 0 aliphatic rings. The molecule has 0 heterocycles. The molecule has 21 heavy (non-hydrogen) atoms. The van der Waals surface area contributed by atoms with Crippen molar-refractivity contribution in [1.29, 1.82) is 0 Å². The molecule has 1 aromatic carbocycles. The van der Waals surface area contributed by atoms with Crippen LogP contribution in [0.1, 0.15) is 33.6 Å². The average molecular weight is 292 g/mol. The van der Waals surface area contributed by atoms with Gasteiger partial charge in [0, 0.05) is 6.08 Å². The van der Waals surface area contributed by atoms with E-state index in [1.54, 1.807) is 6.07 Å².